The average molecular weight is 497 g/mol. The highest BCUT2D eigenvalue weighted by Gasteiger charge is 2.77. The van der Waals surface area contributed by atoms with Gasteiger partial charge in [0, 0.05) is 31.7 Å². The molecule has 3 fully saturated rings. The number of aliphatic hydroxyl groups is 1. The van der Waals surface area contributed by atoms with Crippen LogP contribution in [-0.2, 0) is 33.4 Å². The minimum Gasteiger partial charge on any atom is -0.472 e. The number of cyclic esters (lactones) is 1. The van der Waals surface area contributed by atoms with E-state index >= 15 is 0 Å². The molecule has 10 heteroatoms. The van der Waals surface area contributed by atoms with Crippen molar-refractivity contribution in [1.82, 2.24) is 0 Å². The molecule has 34 heavy (non-hydrogen) atoms. The van der Waals surface area contributed by atoms with Crippen LogP contribution < -0.4 is 0 Å². The van der Waals surface area contributed by atoms with Crippen LogP contribution in [0.4, 0.5) is 0 Å². The Hall–Kier alpha value is -2.39. The molecule has 0 unspecified atom stereocenters. The fourth-order valence-corrected chi connectivity index (χ4v) is 6.94. The van der Waals surface area contributed by atoms with E-state index in [-0.39, 0.29) is 18.7 Å². The number of carbonyl (C=O) groups excluding carboxylic acids is 4. The molecule has 9 nitrogen and oxygen atoms in total. The van der Waals surface area contributed by atoms with E-state index in [4.69, 9.17) is 30.2 Å². The van der Waals surface area contributed by atoms with Gasteiger partial charge in [0.2, 0.25) is 0 Å². The molecule has 7 atom stereocenters. The Bertz CT molecular complexity index is 991. The highest BCUT2D eigenvalue weighted by Crippen LogP contribution is 2.67. The van der Waals surface area contributed by atoms with Crippen LogP contribution in [0.3, 0.4) is 0 Å². The summed E-state index contributed by atoms with van der Waals surface area (Å²) in [5.41, 5.74) is -4.18. The van der Waals surface area contributed by atoms with Crippen molar-refractivity contribution in [3.05, 3.63) is 24.2 Å². The highest BCUT2D eigenvalue weighted by molar-refractivity contribution is 6.19. The van der Waals surface area contributed by atoms with Crippen LogP contribution in [0.1, 0.15) is 58.1 Å². The van der Waals surface area contributed by atoms with E-state index in [2.05, 4.69) is 0 Å². The zero-order valence-electron chi connectivity index (χ0n) is 19.4. The van der Waals surface area contributed by atoms with E-state index in [1.165, 1.54) is 26.4 Å². The predicted molar refractivity (Wildman–Crippen MR) is 116 cm³/mol. The van der Waals surface area contributed by atoms with Crippen LogP contribution in [0.15, 0.2) is 23.0 Å². The fraction of sp³-hybridized carbons (Fsp3) is 0.667. The maximum atomic E-state index is 14.1. The minimum atomic E-state index is -1.79. The van der Waals surface area contributed by atoms with Gasteiger partial charge in [-0.25, -0.2) is 0 Å². The number of esters is 3. The van der Waals surface area contributed by atoms with Crippen molar-refractivity contribution in [1.29, 1.82) is 0 Å². The lowest BCUT2D eigenvalue weighted by molar-refractivity contribution is -0.232. The van der Waals surface area contributed by atoms with Crippen LogP contribution in [0, 0.1) is 22.7 Å². The van der Waals surface area contributed by atoms with Crippen molar-refractivity contribution in [2.75, 3.05) is 12.5 Å². The van der Waals surface area contributed by atoms with E-state index in [1.807, 2.05) is 0 Å². The van der Waals surface area contributed by atoms with Crippen molar-refractivity contribution in [2.45, 2.75) is 64.3 Å². The largest absolute Gasteiger partial charge is 0.472 e. The third-order valence-electron chi connectivity index (χ3n) is 8.18. The quantitative estimate of drug-likeness (QED) is 0.371. The van der Waals surface area contributed by atoms with Crippen molar-refractivity contribution >= 4 is 35.3 Å². The van der Waals surface area contributed by atoms with E-state index < -0.39 is 70.8 Å². The van der Waals surface area contributed by atoms with Gasteiger partial charge in [0.05, 0.1) is 29.4 Å². The number of hydrogen-bond donors (Lipinski definition) is 1. The molecule has 3 aliphatic rings. The smallest absolute Gasteiger partial charge is 0.313 e. The molecule has 186 valence electrons. The predicted octanol–water partition coefficient (Wildman–Crippen LogP) is 2.72. The molecule has 1 aromatic heterocycles. The van der Waals surface area contributed by atoms with Gasteiger partial charge < -0.3 is 23.7 Å². The van der Waals surface area contributed by atoms with Gasteiger partial charge in [-0.15, -0.1) is 11.6 Å². The first-order chi connectivity index (χ1) is 16.0. The van der Waals surface area contributed by atoms with Crippen LogP contribution in [0.2, 0.25) is 0 Å². The lowest BCUT2D eigenvalue weighted by Gasteiger charge is -2.62. The third-order valence-corrected chi connectivity index (χ3v) is 8.62. The lowest BCUT2D eigenvalue weighted by Crippen LogP contribution is -2.74. The molecule has 1 saturated heterocycles. The summed E-state index contributed by atoms with van der Waals surface area (Å²) in [6.07, 6.45) is 2.21. The van der Waals surface area contributed by atoms with Gasteiger partial charge in [-0.2, -0.15) is 0 Å². The number of rotatable bonds is 5. The highest BCUT2D eigenvalue weighted by atomic mass is 35.5. The summed E-state index contributed by atoms with van der Waals surface area (Å²) in [5, 5.41) is 11.8. The molecule has 1 aliphatic heterocycles. The second kappa shape index (κ2) is 8.68. The Balaban J connectivity index is 1.93. The van der Waals surface area contributed by atoms with Crippen molar-refractivity contribution in [3.63, 3.8) is 0 Å². The summed E-state index contributed by atoms with van der Waals surface area (Å²) >= 11 is 6.26. The number of alkyl halides is 1. The van der Waals surface area contributed by atoms with Crippen molar-refractivity contribution in [3.8, 4) is 0 Å². The second-order valence-electron chi connectivity index (χ2n) is 9.74. The molecule has 4 rings (SSSR count). The minimum absolute atomic E-state index is 0.164. The number of carbonyl (C=O) groups is 4. The number of hydrogen-bond acceptors (Lipinski definition) is 9. The van der Waals surface area contributed by atoms with Crippen LogP contribution in [-0.4, -0.2) is 53.0 Å². The molecule has 2 aliphatic carbocycles. The molecular formula is C24H29ClO9. The average Bonchev–Trinajstić information content (AvgIpc) is 3.43. The van der Waals surface area contributed by atoms with Crippen LogP contribution in [0.5, 0.6) is 0 Å². The van der Waals surface area contributed by atoms with Gasteiger partial charge in [0.15, 0.2) is 11.9 Å². The number of ketones is 1. The Morgan fingerprint density at radius 3 is 2.59 bits per heavy atom. The zero-order valence-corrected chi connectivity index (χ0v) is 20.1. The van der Waals surface area contributed by atoms with Crippen LogP contribution >= 0.6 is 11.6 Å². The number of Topliss-reactive ketones (excluding diaryl/α,β-unsaturated/α-hetero) is 1. The first-order valence-corrected chi connectivity index (χ1v) is 11.9. The summed E-state index contributed by atoms with van der Waals surface area (Å²) in [4.78, 5) is 51.7. The molecule has 0 bridgehead atoms. The Morgan fingerprint density at radius 2 is 2.00 bits per heavy atom. The molecule has 1 N–H and O–H groups in total. The maximum Gasteiger partial charge on any atom is 0.313 e. The Morgan fingerprint density at radius 1 is 1.26 bits per heavy atom. The van der Waals surface area contributed by atoms with Gasteiger partial charge in [-0.3, -0.25) is 19.2 Å². The van der Waals surface area contributed by atoms with Gasteiger partial charge in [0.25, 0.3) is 0 Å². The molecule has 2 saturated carbocycles. The third kappa shape index (κ3) is 3.39. The number of halogens is 1. The summed E-state index contributed by atoms with van der Waals surface area (Å²) in [7, 11) is 0. The first-order valence-electron chi connectivity index (χ1n) is 11.4. The standard InChI is InChI=1S/C24H29ClO9/c1-13-19(33-15(3)27)20(28)24(12-32-14(2)26)18(5-4-7-22(24,30)11-25)23(13)9-17(34-21(23)29)16-6-8-31-10-16/h6,8,10,13,17-19,30H,4-5,7,9,11-12H2,1-3H3/t13-,17+,18-,19+,22+,23-,24+/m1/s1. The van der Waals surface area contributed by atoms with E-state index in [0.29, 0.717) is 18.4 Å². The topological polar surface area (TPSA) is 129 Å². The lowest BCUT2D eigenvalue weighted by atomic mass is 9.41. The van der Waals surface area contributed by atoms with Crippen LogP contribution in [0.25, 0.3) is 0 Å². The normalized spacial score (nSPS) is 39.4. The summed E-state index contributed by atoms with van der Waals surface area (Å²) in [5.74, 6) is -4.32. The molecule has 1 aromatic rings. The monoisotopic (exact) mass is 496 g/mol. The molecule has 0 amide bonds. The zero-order chi connectivity index (χ0) is 24.9. The maximum absolute atomic E-state index is 14.1. The van der Waals surface area contributed by atoms with E-state index in [9.17, 15) is 24.3 Å². The van der Waals surface area contributed by atoms with E-state index in [0.717, 1.165) is 0 Å². The molecule has 1 spiro atoms. The van der Waals surface area contributed by atoms with Crippen molar-refractivity contribution < 1.29 is 42.9 Å². The summed E-state index contributed by atoms with van der Waals surface area (Å²) in [6, 6.07) is 1.70. The van der Waals surface area contributed by atoms with Gasteiger partial charge in [0.1, 0.15) is 18.1 Å². The molecular weight excluding hydrogens is 468 g/mol. The first kappa shape index (κ1) is 24.7. The van der Waals surface area contributed by atoms with Crippen molar-refractivity contribution in [2.24, 2.45) is 22.7 Å². The Kier molecular flexibility index (Phi) is 6.31. The number of ether oxygens (including phenoxy) is 3. The number of furan rings is 1. The SMILES string of the molecule is CC(=O)OC[C@@]12C(=O)[C@@H](OC(C)=O)[C@@H](C)[C@]3(C[C@@H](c4ccoc4)OC3=O)[C@H]1CCC[C@]2(O)CCl. The molecule has 2 heterocycles. The van der Waals surface area contributed by atoms with Gasteiger partial charge >= 0.3 is 17.9 Å². The summed E-state index contributed by atoms with van der Waals surface area (Å²) < 4.78 is 21.8. The molecule has 0 radical (unpaired) electrons. The Labute approximate surface area is 202 Å². The van der Waals surface area contributed by atoms with E-state index in [1.54, 1.807) is 13.0 Å². The van der Waals surface area contributed by atoms with Gasteiger partial charge in [-0.05, 0) is 24.8 Å². The second-order valence-corrected chi connectivity index (χ2v) is 10.0. The van der Waals surface area contributed by atoms with Gasteiger partial charge in [-0.1, -0.05) is 13.3 Å². The number of fused-ring (bicyclic) bond motifs is 2. The molecule has 0 aromatic carbocycles. The summed E-state index contributed by atoms with van der Waals surface area (Å²) in [6.45, 7) is 3.58. The fourth-order valence-electron chi connectivity index (χ4n) is 6.57.